The third-order valence-corrected chi connectivity index (χ3v) is 10.7. The van der Waals surface area contributed by atoms with E-state index in [9.17, 15) is 29.3 Å². The second kappa shape index (κ2) is 30.8. The Morgan fingerprint density at radius 1 is 0.660 bits per heavy atom. The van der Waals surface area contributed by atoms with Gasteiger partial charge in [0.05, 0.1) is 27.7 Å². The highest BCUT2D eigenvalue weighted by atomic mass is 31.2. The van der Waals surface area contributed by atoms with Crippen LogP contribution in [-0.4, -0.2) is 83.8 Å². The maximum atomic E-state index is 13.3. The van der Waals surface area contributed by atoms with E-state index in [1.165, 1.54) is 116 Å². The van der Waals surface area contributed by atoms with Crippen LogP contribution in [0.5, 0.6) is 0 Å². The number of phosphoric acid groups is 1. The van der Waals surface area contributed by atoms with Gasteiger partial charge < -0.3 is 19.6 Å². The zero-order valence-corrected chi connectivity index (χ0v) is 34.2. The maximum Gasteiger partial charge on any atom is 0.472 e. The van der Waals surface area contributed by atoms with Crippen LogP contribution in [0.15, 0.2) is 0 Å². The van der Waals surface area contributed by atoms with Gasteiger partial charge in [0, 0.05) is 12.8 Å². The molecule has 3 atom stereocenters. The van der Waals surface area contributed by atoms with Crippen LogP contribution < -0.4 is 0 Å². The average molecular weight is 737 g/mol. The lowest BCUT2D eigenvalue weighted by Gasteiger charge is -2.30. The minimum absolute atomic E-state index is 0.0492. The normalized spacial score (nSPS) is 15.1. The maximum absolute atomic E-state index is 13.3. The van der Waals surface area contributed by atoms with Gasteiger partial charge in [-0.05, 0) is 12.8 Å². The largest absolute Gasteiger partial charge is 0.472 e. The van der Waals surface area contributed by atoms with Crippen LogP contribution in [0.2, 0.25) is 0 Å². The van der Waals surface area contributed by atoms with E-state index in [0.29, 0.717) is 23.9 Å². The third-order valence-electron chi connectivity index (χ3n) is 9.76. The van der Waals surface area contributed by atoms with Crippen LogP contribution in [0.3, 0.4) is 0 Å². The van der Waals surface area contributed by atoms with Gasteiger partial charge in [-0.25, -0.2) is 4.57 Å². The van der Waals surface area contributed by atoms with Crippen LogP contribution >= 0.6 is 7.82 Å². The molecule has 10 heteroatoms. The fourth-order valence-corrected chi connectivity index (χ4v) is 6.98. The zero-order valence-electron chi connectivity index (χ0n) is 33.3. The highest BCUT2D eigenvalue weighted by Crippen LogP contribution is 2.43. The number of ketones is 2. The van der Waals surface area contributed by atoms with E-state index in [1.807, 2.05) is 21.1 Å². The molecule has 50 heavy (non-hydrogen) atoms. The van der Waals surface area contributed by atoms with Crippen molar-refractivity contribution in [3.63, 3.8) is 0 Å². The molecule has 0 fully saturated rings. The summed E-state index contributed by atoms with van der Waals surface area (Å²) in [5, 5.41) is 22.4. The summed E-state index contributed by atoms with van der Waals surface area (Å²) in [6, 6.07) is 0. The smallest absolute Gasteiger partial charge is 0.387 e. The number of likely N-dealkylation sites (N-methyl/N-ethyl adjacent to an activating group) is 1. The number of Topliss-reactive ketones (excluding diaryl/α,β-unsaturated/α-hetero) is 2. The summed E-state index contributed by atoms with van der Waals surface area (Å²) >= 11 is 0. The number of hydrogen-bond acceptors (Lipinski definition) is 7. The second-order valence-electron chi connectivity index (χ2n) is 15.7. The van der Waals surface area contributed by atoms with Gasteiger partial charge in [0.1, 0.15) is 19.3 Å². The molecule has 0 amide bonds. The van der Waals surface area contributed by atoms with Crippen LogP contribution in [0.4, 0.5) is 0 Å². The molecule has 9 nitrogen and oxygen atoms in total. The molecule has 0 aromatic carbocycles. The van der Waals surface area contributed by atoms with Crippen molar-refractivity contribution in [1.82, 2.24) is 0 Å². The van der Waals surface area contributed by atoms with Crippen molar-refractivity contribution >= 4 is 19.4 Å². The first-order valence-electron chi connectivity index (χ1n) is 20.7. The Balaban J connectivity index is 4.77. The molecule has 0 aliphatic heterocycles. The molecule has 3 N–H and O–H groups in total. The van der Waals surface area contributed by atoms with Crippen molar-refractivity contribution in [2.75, 3.05) is 40.9 Å². The average Bonchev–Trinajstić information content (AvgIpc) is 3.06. The molecule has 0 spiro atoms. The minimum Gasteiger partial charge on any atom is -0.387 e. The number of quaternary nitrogens is 1. The van der Waals surface area contributed by atoms with Gasteiger partial charge in [-0.3, -0.25) is 18.6 Å². The number of carbonyl (C=O) groups is 2. The second-order valence-corrected chi connectivity index (χ2v) is 17.2. The molecule has 0 saturated carbocycles. The van der Waals surface area contributed by atoms with E-state index in [-0.39, 0.29) is 19.4 Å². The molecule has 0 aromatic rings. The lowest BCUT2D eigenvalue weighted by Crippen LogP contribution is -2.57. The molecule has 298 valence electrons. The first kappa shape index (κ1) is 49.3. The predicted molar refractivity (Wildman–Crippen MR) is 206 cm³/mol. The molecule has 0 saturated heterocycles. The summed E-state index contributed by atoms with van der Waals surface area (Å²) in [4.78, 5) is 36.8. The topological polar surface area (TPSA) is 130 Å². The van der Waals surface area contributed by atoms with E-state index in [0.717, 1.165) is 38.5 Å². The lowest BCUT2D eigenvalue weighted by molar-refractivity contribution is -0.870. The van der Waals surface area contributed by atoms with Crippen LogP contribution in [0, 0.1) is 0 Å². The summed E-state index contributed by atoms with van der Waals surface area (Å²) in [7, 11) is 1.15. The first-order chi connectivity index (χ1) is 23.8. The molecule has 2 unspecified atom stereocenters. The molecule has 0 rings (SSSR count). The van der Waals surface area contributed by atoms with Gasteiger partial charge in [-0.15, -0.1) is 0 Å². The van der Waals surface area contributed by atoms with Crippen LogP contribution in [0.25, 0.3) is 0 Å². The van der Waals surface area contributed by atoms with Crippen molar-refractivity contribution in [1.29, 1.82) is 0 Å². The quantitative estimate of drug-likeness (QED) is 0.0247. The van der Waals surface area contributed by atoms with Crippen molar-refractivity contribution in [2.45, 2.75) is 205 Å². The van der Waals surface area contributed by atoms with Gasteiger partial charge >= 0.3 is 7.82 Å². The minimum atomic E-state index is -4.57. The van der Waals surface area contributed by atoms with Crippen molar-refractivity contribution in [3.05, 3.63) is 0 Å². The first-order valence-corrected chi connectivity index (χ1v) is 22.2. The summed E-state index contributed by atoms with van der Waals surface area (Å²) in [6.07, 6.45) is 27.7. The molecule has 0 heterocycles. The molecular weight excluding hydrogens is 655 g/mol. The number of unbranched alkanes of at least 4 members (excludes halogenated alkanes) is 24. The monoisotopic (exact) mass is 737 g/mol. The lowest BCUT2D eigenvalue weighted by atomic mass is 9.87. The number of nitrogens with zero attached hydrogens (tertiary/aromatic N) is 1. The molecule has 0 radical (unpaired) electrons. The molecule has 0 aliphatic carbocycles. The number of carbonyl (C=O) groups excluding carboxylic acids is 2. The summed E-state index contributed by atoms with van der Waals surface area (Å²) in [5.74, 6) is -1.51. The zero-order chi connectivity index (χ0) is 37.6. The highest BCUT2D eigenvalue weighted by molar-refractivity contribution is 7.47. The molecule has 0 aromatic heterocycles. The number of phosphoric ester groups is 1. The van der Waals surface area contributed by atoms with Gasteiger partial charge in [-0.2, -0.15) is 0 Å². The Morgan fingerprint density at radius 2 is 1.04 bits per heavy atom. The Kier molecular flexibility index (Phi) is 30.3. The third kappa shape index (κ3) is 27.0. The Bertz CT molecular complexity index is 836. The van der Waals surface area contributed by atoms with Crippen molar-refractivity contribution in [3.8, 4) is 0 Å². The summed E-state index contributed by atoms with van der Waals surface area (Å²) in [6.45, 7) is 3.98. The van der Waals surface area contributed by atoms with E-state index in [4.69, 9.17) is 9.05 Å². The fourth-order valence-electron chi connectivity index (χ4n) is 6.27. The fraction of sp³-hybridized carbons (Fsp3) is 0.950. The van der Waals surface area contributed by atoms with Crippen molar-refractivity contribution < 1.29 is 42.8 Å². The SMILES string of the molecule is CCCCCCCCCCCCCCCC(=O)C(O)(C(=O)[14CH2]CCCCCCCCCCCCCC)[C@@H](O)COP(=O)(O)OCC[N+](C)(C)C. The number of hydrogen-bond donors (Lipinski definition) is 3. The Labute approximate surface area is 307 Å². The summed E-state index contributed by atoms with van der Waals surface area (Å²) in [5.41, 5.74) is -2.68. The highest BCUT2D eigenvalue weighted by Gasteiger charge is 2.49. The molecular formula is C40H81NO8P+. The van der Waals surface area contributed by atoms with Gasteiger partial charge in [-0.1, -0.05) is 168 Å². The number of rotatable bonds is 38. The van der Waals surface area contributed by atoms with Crippen LogP contribution in [0.1, 0.15) is 194 Å². The number of aliphatic hydroxyl groups is 2. The van der Waals surface area contributed by atoms with E-state index >= 15 is 0 Å². The number of aliphatic hydroxyl groups excluding tert-OH is 1. The van der Waals surface area contributed by atoms with E-state index in [1.54, 1.807) is 0 Å². The van der Waals surface area contributed by atoms with E-state index in [2.05, 4.69) is 13.8 Å². The predicted octanol–water partition coefficient (Wildman–Crippen LogP) is 10.0. The standard InChI is InChI=1S/C40H80NO8P/c1-6-8-10-12-14-16-18-20-22-24-26-28-30-32-37(42)40(45,39(44)36-49-50(46,47)48-35-34-41(3,4)5)38(43)33-31-29-27-25-23-21-19-17-15-13-11-9-7-2/h39,44-45H,6-36H2,1-5H3/p+1/t39-/m0/s1/i32+2/t39-,40?. The Hall–Kier alpha value is -0.670. The van der Waals surface area contributed by atoms with Gasteiger partial charge in [0.25, 0.3) is 0 Å². The Morgan fingerprint density at radius 3 is 1.44 bits per heavy atom. The van der Waals surface area contributed by atoms with Crippen LogP contribution in [-0.2, 0) is 23.2 Å². The summed E-state index contributed by atoms with van der Waals surface area (Å²) < 4.78 is 22.9. The van der Waals surface area contributed by atoms with Gasteiger partial charge in [0.2, 0.25) is 5.60 Å². The van der Waals surface area contributed by atoms with Crippen molar-refractivity contribution in [2.24, 2.45) is 0 Å². The molecule has 0 bridgehead atoms. The van der Waals surface area contributed by atoms with Gasteiger partial charge in [0.15, 0.2) is 11.6 Å². The van der Waals surface area contributed by atoms with E-state index < -0.39 is 37.7 Å². The molecule has 0 aliphatic rings.